The molecule has 110 valence electrons. The largest absolute Gasteiger partial charge is 0.496 e. The van der Waals surface area contributed by atoms with E-state index in [1.165, 1.54) is 25.3 Å². The lowest BCUT2D eigenvalue weighted by Crippen LogP contribution is -2.37. The molecule has 0 radical (unpaired) electrons. The van der Waals surface area contributed by atoms with Gasteiger partial charge in [-0.3, -0.25) is 9.69 Å². The lowest BCUT2D eigenvalue weighted by Gasteiger charge is -2.27. The number of ketones is 1. The molecule has 2 rings (SSSR count). The second kappa shape index (κ2) is 6.35. The van der Waals surface area contributed by atoms with E-state index >= 15 is 0 Å². The van der Waals surface area contributed by atoms with Gasteiger partial charge in [-0.1, -0.05) is 13.8 Å². The molecule has 4 heteroatoms. The normalized spacial score (nSPS) is 19.6. The van der Waals surface area contributed by atoms with Crippen molar-refractivity contribution in [3.05, 3.63) is 29.6 Å². The topological polar surface area (TPSA) is 29.5 Å². The molecule has 1 saturated heterocycles. The summed E-state index contributed by atoms with van der Waals surface area (Å²) in [5, 5.41) is 0. The van der Waals surface area contributed by atoms with Gasteiger partial charge < -0.3 is 4.74 Å². The van der Waals surface area contributed by atoms with Crippen molar-refractivity contribution in [1.29, 1.82) is 0 Å². The molecule has 1 heterocycles. The zero-order chi connectivity index (χ0) is 14.7. The minimum Gasteiger partial charge on any atom is -0.496 e. The second-order valence-corrected chi connectivity index (χ2v) is 5.69. The Morgan fingerprint density at radius 1 is 1.50 bits per heavy atom. The van der Waals surface area contributed by atoms with E-state index in [1.54, 1.807) is 0 Å². The van der Waals surface area contributed by atoms with Crippen LogP contribution in [0.2, 0.25) is 0 Å². The van der Waals surface area contributed by atoms with Crippen LogP contribution in [0.1, 0.15) is 37.0 Å². The Labute approximate surface area is 119 Å². The van der Waals surface area contributed by atoms with Gasteiger partial charge in [-0.2, -0.15) is 0 Å². The maximum Gasteiger partial charge on any atom is 0.180 e. The highest BCUT2D eigenvalue weighted by Crippen LogP contribution is 2.25. The Balaban J connectivity index is 2.14. The van der Waals surface area contributed by atoms with Crippen molar-refractivity contribution in [1.82, 2.24) is 4.90 Å². The number of nitrogens with zero attached hydrogens (tertiary/aromatic N) is 1. The molecule has 3 nitrogen and oxygen atoms in total. The quantitative estimate of drug-likeness (QED) is 0.776. The van der Waals surface area contributed by atoms with Crippen LogP contribution in [-0.2, 0) is 0 Å². The molecule has 1 aromatic carbocycles. The summed E-state index contributed by atoms with van der Waals surface area (Å²) >= 11 is 0. The van der Waals surface area contributed by atoms with Crippen LogP contribution in [0.3, 0.4) is 0 Å². The third-order valence-corrected chi connectivity index (χ3v) is 3.99. The SMILES string of the molecule is COc1ccc(F)cc1C(=O)CN1CCCC1C(C)C. The highest BCUT2D eigenvalue weighted by molar-refractivity contribution is 6.00. The van der Waals surface area contributed by atoms with E-state index in [-0.39, 0.29) is 5.78 Å². The summed E-state index contributed by atoms with van der Waals surface area (Å²) in [6.45, 7) is 5.63. The fourth-order valence-electron chi connectivity index (χ4n) is 2.97. The lowest BCUT2D eigenvalue weighted by molar-refractivity contribution is 0.0900. The van der Waals surface area contributed by atoms with Crippen LogP contribution in [0.4, 0.5) is 4.39 Å². The first-order valence-corrected chi connectivity index (χ1v) is 7.13. The van der Waals surface area contributed by atoms with Crippen molar-refractivity contribution in [3.63, 3.8) is 0 Å². The molecule has 0 saturated carbocycles. The van der Waals surface area contributed by atoms with E-state index in [0.717, 1.165) is 19.4 Å². The van der Waals surface area contributed by atoms with Gasteiger partial charge in [0.2, 0.25) is 0 Å². The van der Waals surface area contributed by atoms with Crippen LogP contribution in [0.5, 0.6) is 5.75 Å². The second-order valence-electron chi connectivity index (χ2n) is 5.69. The Morgan fingerprint density at radius 3 is 2.90 bits per heavy atom. The molecule has 1 aliphatic rings. The predicted molar refractivity (Wildman–Crippen MR) is 76.7 cm³/mol. The first kappa shape index (κ1) is 15.0. The minimum atomic E-state index is -0.406. The molecule has 20 heavy (non-hydrogen) atoms. The van der Waals surface area contributed by atoms with Crippen molar-refractivity contribution < 1.29 is 13.9 Å². The number of Topliss-reactive ketones (excluding diaryl/α,β-unsaturated/α-hetero) is 1. The molecule has 0 aromatic heterocycles. The minimum absolute atomic E-state index is 0.0751. The number of methoxy groups -OCH3 is 1. The Hall–Kier alpha value is -1.42. The number of likely N-dealkylation sites (tertiary alicyclic amines) is 1. The fraction of sp³-hybridized carbons (Fsp3) is 0.562. The summed E-state index contributed by atoms with van der Waals surface area (Å²) in [6.07, 6.45) is 2.25. The Bertz CT molecular complexity index is 487. The van der Waals surface area contributed by atoms with E-state index in [9.17, 15) is 9.18 Å². The summed E-state index contributed by atoms with van der Waals surface area (Å²) < 4.78 is 18.5. The molecular weight excluding hydrogens is 257 g/mol. The van der Waals surface area contributed by atoms with Crippen LogP contribution in [0.25, 0.3) is 0 Å². The number of hydrogen-bond acceptors (Lipinski definition) is 3. The maximum absolute atomic E-state index is 13.3. The first-order chi connectivity index (χ1) is 9.52. The summed E-state index contributed by atoms with van der Waals surface area (Å²) in [6, 6.07) is 4.52. The van der Waals surface area contributed by atoms with E-state index in [2.05, 4.69) is 18.7 Å². The molecule has 1 aliphatic heterocycles. The monoisotopic (exact) mass is 279 g/mol. The van der Waals surface area contributed by atoms with Crippen LogP contribution in [0.15, 0.2) is 18.2 Å². The average molecular weight is 279 g/mol. The lowest BCUT2D eigenvalue weighted by atomic mass is 10.0. The van der Waals surface area contributed by atoms with Gasteiger partial charge in [-0.05, 0) is 43.5 Å². The number of rotatable bonds is 5. The van der Waals surface area contributed by atoms with Gasteiger partial charge >= 0.3 is 0 Å². The molecule has 0 aliphatic carbocycles. The number of carbonyl (C=O) groups excluding carboxylic acids is 1. The molecule has 1 fully saturated rings. The highest BCUT2D eigenvalue weighted by atomic mass is 19.1. The molecule has 1 aromatic rings. The predicted octanol–water partition coefficient (Wildman–Crippen LogP) is 3.14. The van der Waals surface area contributed by atoms with E-state index < -0.39 is 5.82 Å². The summed E-state index contributed by atoms with van der Waals surface area (Å²) in [5.41, 5.74) is 0.335. The Morgan fingerprint density at radius 2 is 2.25 bits per heavy atom. The van der Waals surface area contributed by atoms with Gasteiger partial charge in [0, 0.05) is 6.04 Å². The van der Waals surface area contributed by atoms with Crippen molar-refractivity contribution >= 4 is 5.78 Å². The molecule has 0 bridgehead atoms. The van der Waals surface area contributed by atoms with Crippen molar-refractivity contribution in [2.75, 3.05) is 20.2 Å². The highest BCUT2D eigenvalue weighted by Gasteiger charge is 2.29. The van der Waals surface area contributed by atoms with Gasteiger partial charge in [0.15, 0.2) is 5.78 Å². The molecule has 0 spiro atoms. The molecular formula is C16H22FNO2. The first-order valence-electron chi connectivity index (χ1n) is 7.13. The standard InChI is InChI=1S/C16H22FNO2/c1-11(2)14-5-4-8-18(14)10-15(19)13-9-12(17)6-7-16(13)20-3/h6-7,9,11,14H,4-5,8,10H2,1-3H3. The third kappa shape index (κ3) is 3.18. The van der Waals surface area contributed by atoms with Gasteiger partial charge in [0.05, 0.1) is 19.2 Å². The number of benzene rings is 1. The smallest absolute Gasteiger partial charge is 0.180 e. The van der Waals surface area contributed by atoms with Gasteiger partial charge in [-0.15, -0.1) is 0 Å². The molecule has 1 atom stereocenters. The van der Waals surface area contributed by atoms with Gasteiger partial charge in [-0.25, -0.2) is 4.39 Å². The van der Waals surface area contributed by atoms with Crippen LogP contribution < -0.4 is 4.74 Å². The van der Waals surface area contributed by atoms with Gasteiger partial charge in [0.1, 0.15) is 11.6 Å². The summed E-state index contributed by atoms with van der Waals surface area (Å²) in [4.78, 5) is 14.6. The van der Waals surface area contributed by atoms with Crippen LogP contribution in [0, 0.1) is 11.7 Å². The van der Waals surface area contributed by atoms with Gasteiger partial charge in [0.25, 0.3) is 0 Å². The third-order valence-electron chi connectivity index (χ3n) is 3.99. The van der Waals surface area contributed by atoms with Crippen molar-refractivity contribution in [2.24, 2.45) is 5.92 Å². The number of hydrogen-bond donors (Lipinski definition) is 0. The molecule has 0 amide bonds. The van der Waals surface area contributed by atoms with Crippen LogP contribution in [-0.4, -0.2) is 36.9 Å². The fourth-order valence-corrected chi connectivity index (χ4v) is 2.97. The van der Waals surface area contributed by atoms with E-state index in [4.69, 9.17) is 4.74 Å². The van der Waals surface area contributed by atoms with Crippen LogP contribution >= 0.6 is 0 Å². The maximum atomic E-state index is 13.3. The van der Waals surface area contributed by atoms with E-state index in [1.807, 2.05) is 0 Å². The van der Waals surface area contributed by atoms with Crippen molar-refractivity contribution in [2.45, 2.75) is 32.7 Å². The number of halogens is 1. The van der Waals surface area contributed by atoms with E-state index in [0.29, 0.717) is 29.8 Å². The average Bonchev–Trinajstić information content (AvgIpc) is 2.87. The zero-order valence-electron chi connectivity index (χ0n) is 12.4. The molecule has 1 unspecified atom stereocenters. The van der Waals surface area contributed by atoms with Crippen molar-refractivity contribution in [3.8, 4) is 5.75 Å². The molecule has 0 N–H and O–H groups in total. The summed E-state index contributed by atoms with van der Waals surface area (Å²) in [7, 11) is 1.50. The zero-order valence-corrected chi connectivity index (χ0v) is 12.4. The number of carbonyl (C=O) groups is 1. The Kier molecular flexibility index (Phi) is 4.76. The summed E-state index contributed by atoms with van der Waals surface area (Å²) in [5.74, 6) is 0.487. The number of ether oxygens (including phenoxy) is 1.